The molecule has 27 heavy (non-hydrogen) atoms. The van der Waals surface area contributed by atoms with Crippen molar-refractivity contribution < 1.29 is 9.53 Å². The van der Waals surface area contributed by atoms with Gasteiger partial charge in [-0.3, -0.25) is 9.79 Å². The van der Waals surface area contributed by atoms with Crippen LogP contribution in [0, 0.1) is 0 Å². The van der Waals surface area contributed by atoms with Gasteiger partial charge in [0.25, 0.3) is 0 Å². The number of ether oxygens (including phenoxy) is 1. The first kappa shape index (κ1) is 19.7. The van der Waals surface area contributed by atoms with Gasteiger partial charge in [-0.15, -0.1) is 0 Å². The van der Waals surface area contributed by atoms with E-state index in [1.165, 1.54) is 5.56 Å². The van der Waals surface area contributed by atoms with Crippen molar-refractivity contribution in [2.45, 2.75) is 32.1 Å². The molecule has 2 fully saturated rings. The van der Waals surface area contributed by atoms with Crippen molar-refractivity contribution >= 4 is 11.9 Å². The van der Waals surface area contributed by atoms with E-state index in [1.54, 1.807) is 6.92 Å². The molecule has 0 saturated carbocycles. The van der Waals surface area contributed by atoms with Gasteiger partial charge in [-0.1, -0.05) is 30.3 Å². The Labute approximate surface area is 162 Å². The van der Waals surface area contributed by atoms with E-state index < -0.39 is 0 Å². The van der Waals surface area contributed by atoms with E-state index in [1.807, 2.05) is 4.90 Å². The van der Waals surface area contributed by atoms with Crippen LogP contribution in [-0.2, 0) is 14.9 Å². The SMILES string of the molecule is CCNC(=NCC1(c2ccccc2)CCOCC1)N1CCN(C(C)=O)CC1. The number of hydrogen-bond donors (Lipinski definition) is 1. The topological polar surface area (TPSA) is 57.2 Å². The van der Waals surface area contributed by atoms with Gasteiger partial charge >= 0.3 is 0 Å². The molecule has 2 aliphatic heterocycles. The van der Waals surface area contributed by atoms with Crippen LogP contribution in [0.3, 0.4) is 0 Å². The second kappa shape index (κ2) is 9.22. The van der Waals surface area contributed by atoms with Crippen molar-refractivity contribution in [2.75, 3.05) is 52.5 Å². The van der Waals surface area contributed by atoms with Gasteiger partial charge in [-0.05, 0) is 25.3 Å². The van der Waals surface area contributed by atoms with Crippen LogP contribution in [0.15, 0.2) is 35.3 Å². The fraction of sp³-hybridized carbons (Fsp3) is 0.619. The number of piperazine rings is 1. The lowest BCUT2D eigenvalue weighted by Gasteiger charge is -2.38. The minimum atomic E-state index is 0.0430. The van der Waals surface area contributed by atoms with E-state index >= 15 is 0 Å². The van der Waals surface area contributed by atoms with E-state index in [0.717, 1.165) is 71.3 Å². The maximum absolute atomic E-state index is 11.6. The first-order valence-electron chi connectivity index (χ1n) is 10.1. The van der Waals surface area contributed by atoms with E-state index in [2.05, 4.69) is 47.5 Å². The highest BCUT2D eigenvalue weighted by Gasteiger charge is 2.34. The number of guanidine groups is 1. The molecular formula is C21H32N4O2. The third kappa shape index (κ3) is 4.80. The lowest BCUT2D eigenvalue weighted by Crippen LogP contribution is -2.53. The Kier molecular flexibility index (Phi) is 6.72. The Morgan fingerprint density at radius 2 is 1.74 bits per heavy atom. The van der Waals surface area contributed by atoms with Gasteiger partial charge in [0.05, 0.1) is 6.54 Å². The molecule has 148 valence electrons. The third-order valence-electron chi connectivity index (χ3n) is 5.73. The Bertz CT molecular complexity index is 633. The second-order valence-electron chi connectivity index (χ2n) is 7.42. The van der Waals surface area contributed by atoms with Crippen LogP contribution in [0.5, 0.6) is 0 Å². The lowest BCUT2D eigenvalue weighted by atomic mass is 9.74. The normalized spacial score (nSPS) is 20.4. The monoisotopic (exact) mass is 372 g/mol. The summed E-state index contributed by atoms with van der Waals surface area (Å²) < 4.78 is 5.64. The number of nitrogens with zero attached hydrogens (tertiary/aromatic N) is 3. The van der Waals surface area contributed by atoms with Crippen molar-refractivity contribution in [2.24, 2.45) is 4.99 Å². The van der Waals surface area contributed by atoms with Gasteiger partial charge in [0.1, 0.15) is 0 Å². The molecule has 0 aromatic heterocycles. The Balaban J connectivity index is 1.75. The second-order valence-corrected chi connectivity index (χ2v) is 7.42. The van der Waals surface area contributed by atoms with Crippen LogP contribution in [0.4, 0.5) is 0 Å². The average Bonchev–Trinajstić information content (AvgIpc) is 2.72. The molecule has 6 heteroatoms. The maximum Gasteiger partial charge on any atom is 0.219 e. The summed E-state index contributed by atoms with van der Waals surface area (Å²) in [4.78, 5) is 20.8. The first-order chi connectivity index (χ1) is 13.1. The number of amides is 1. The van der Waals surface area contributed by atoms with E-state index in [0.29, 0.717) is 0 Å². The molecule has 2 aliphatic rings. The summed E-state index contributed by atoms with van der Waals surface area (Å²) in [6.07, 6.45) is 2.00. The van der Waals surface area contributed by atoms with Crippen LogP contribution in [-0.4, -0.2) is 74.1 Å². The molecule has 1 N–H and O–H groups in total. The number of carbonyl (C=O) groups excluding carboxylic acids is 1. The van der Waals surface area contributed by atoms with Crippen molar-refractivity contribution in [3.63, 3.8) is 0 Å². The highest BCUT2D eigenvalue weighted by molar-refractivity contribution is 5.80. The molecule has 1 aromatic carbocycles. The van der Waals surface area contributed by atoms with Crippen LogP contribution < -0.4 is 5.32 Å². The molecule has 0 unspecified atom stereocenters. The number of aliphatic imine (C=N–C) groups is 1. The molecule has 1 amide bonds. The van der Waals surface area contributed by atoms with E-state index in [9.17, 15) is 4.79 Å². The van der Waals surface area contributed by atoms with E-state index in [4.69, 9.17) is 9.73 Å². The van der Waals surface area contributed by atoms with Crippen LogP contribution >= 0.6 is 0 Å². The molecular weight excluding hydrogens is 340 g/mol. The third-order valence-corrected chi connectivity index (χ3v) is 5.73. The Morgan fingerprint density at radius 3 is 2.33 bits per heavy atom. The Hall–Kier alpha value is -2.08. The van der Waals surface area contributed by atoms with Gasteiger partial charge in [0, 0.05) is 58.3 Å². The molecule has 0 radical (unpaired) electrons. The summed E-state index contributed by atoms with van der Waals surface area (Å²) in [6, 6.07) is 10.7. The number of benzene rings is 1. The zero-order valence-corrected chi connectivity index (χ0v) is 16.6. The van der Waals surface area contributed by atoms with Crippen molar-refractivity contribution in [1.82, 2.24) is 15.1 Å². The molecule has 2 saturated heterocycles. The highest BCUT2D eigenvalue weighted by Crippen LogP contribution is 2.35. The summed E-state index contributed by atoms with van der Waals surface area (Å²) in [6.45, 7) is 10.1. The van der Waals surface area contributed by atoms with Crippen LogP contribution in [0.2, 0.25) is 0 Å². The molecule has 0 atom stereocenters. The quantitative estimate of drug-likeness (QED) is 0.648. The smallest absolute Gasteiger partial charge is 0.219 e. The van der Waals surface area contributed by atoms with Gasteiger partial charge in [0.15, 0.2) is 5.96 Å². The largest absolute Gasteiger partial charge is 0.381 e. The molecule has 2 heterocycles. The van der Waals surface area contributed by atoms with Crippen LogP contribution in [0.25, 0.3) is 0 Å². The van der Waals surface area contributed by atoms with Crippen molar-refractivity contribution in [3.05, 3.63) is 35.9 Å². The zero-order valence-electron chi connectivity index (χ0n) is 16.6. The summed E-state index contributed by atoms with van der Waals surface area (Å²) in [5.41, 5.74) is 1.40. The predicted molar refractivity (Wildman–Crippen MR) is 108 cm³/mol. The summed E-state index contributed by atoms with van der Waals surface area (Å²) in [5, 5.41) is 3.45. The summed E-state index contributed by atoms with van der Waals surface area (Å²) in [7, 11) is 0. The average molecular weight is 373 g/mol. The van der Waals surface area contributed by atoms with Crippen molar-refractivity contribution in [3.8, 4) is 0 Å². The number of hydrogen-bond acceptors (Lipinski definition) is 3. The minimum absolute atomic E-state index is 0.0430. The molecule has 1 aromatic rings. The van der Waals surface area contributed by atoms with E-state index in [-0.39, 0.29) is 11.3 Å². The van der Waals surface area contributed by atoms with Crippen molar-refractivity contribution in [1.29, 1.82) is 0 Å². The molecule has 3 rings (SSSR count). The predicted octanol–water partition coefficient (Wildman–Crippen LogP) is 1.86. The summed E-state index contributed by atoms with van der Waals surface area (Å²) >= 11 is 0. The van der Waals surface area contributed by atoms with Gasteiger partial charge in [-0.25, -0.2) is 0 Å². The summed E-state index contributed by atoms with van der Waals surface area (Å²) in [5.74, 6) is 1.12. The number of carbonyl (C=O) groups is 1. The molecule has 0 aliphatic carbocycles. The minimum Gasteiger partial charge on any atom is -0.381 e. The number of rotatable bonds is 4. The number of nitrogens with one attached hydrogen (secondary N) is 1. The van der Waals surface area contributed by atoms with Gasteiger partial charge in [-0.2, -0.15) is 0 Å². The Morgan fingerprint density at radius 1 is 1.11 bits per heavy atom. The molecule has 6 nitrogen and oxygen atoms in total. The maximum atomic E-state index is 11.6. The fourth-order valence-electron chi connectivity index (χ4n) is 3.98. The first-order valence-corrected chi connectivity index (χ1v) is 10.1. The zero-order chi connectivity index (χ0) is 19.1. The molecule has 0 bridgehead atoms. The van der Waals surface area contributed by atoms with Gasteiger partial charge < -0.3 is 19.9 Å². The van der Waals surface area contributed by atoms with Crippen LogP contribution in [0.1, 0.15) is 32.3 Å². The molecule has 0 spiro atoms. The van der Waals surface area contributed by atoms with Gasteiger partial charge in [0.2, 0.25) is 5.91 Å². The standard InChI is InChI=1S/C21H32N4O2/c1-3-22-20(25-13-11-24(12-14-25)18(2)26)23-17-21(9-15-27-16-10-21)19-7-5-4-6-8-19/h4-8H,3,9-17H2,1-2H3,(H,22,23). The highest BCUT2D eigenvalue weighted by atomic mass is 16.5. The lowest BCUT2D eigenvalue weighted by molar-refractivity contribution is -0.130. The fourth-order valence-corrected chi connectivity index (χ4v) is 3.98.